The minimum absolute atomic E-state index is 0.197. The third kappa shape index (κ3) is 4.81. The van der Waals surface area contributed by atoms with Crippen molar-refractivity contribution in [2.75, 3.05) is 5.32 Å². The quantitative estimate of drug-likeness (QED) is 0.484. The molecule has 0 bridgehead atoms. The second-order valence-electron chi connectivity index (χ2n) is 9.45. The maximum Gasteiger partial charge on any atom is 0.416 e. The Kier molecular flexibility index (Phi) is 6.07. The van der Waals surface area contributed by atoms with Gasteiger partial charge in [-0.2, -0.15) is 18.3 Å². The summed E-state index contributed by atoms with van der Waals surface area (Å²) in [6.07, 6.45) is 0.687. The highest BCUT2D eigenvalue weighted by atomic mass is 19.4. The predicted octanol–water partition coefficient (Wildman–Crippen LogP) is 6.24. The Bertz CT molecular complexity index is 1170. The van der Waals surface area contributed by atoms with Crippen LogP contribution in [-0.4, -0.2) is 25.9 Å². The van der Waals surface area contributed by atoms with Crippen LogP contribution in [0, 0.1) is 13.8 Å². The van der Waals surface area contributed by atoms with Crippen molar-refractivity contribution in [1.29, 1.82) is 0 Å². The van der Waals surface area contributed by atoms with Crippen molar-refractivity contribution >= 4 is 16.7 Å². The third-order valence-electron chi connectivity index (χ3n) is 6.84. The Morgan fingerprint density at radius 2 is 1.85 bits per heavy atom. The summed E-state index contributed by atoms with van der Waals surface area (Å²) in [4.78, 5) is 4.64. The number of aromatic nitrogens is 3. The summed E-state index contributed by atoms with van der Waals surface area (Å²) in [5.74, 6) is 0.795. The first-order valence-electron chi connectivity index (χ1n) is 11.2. The van der Waals surface area contributed by atoms with E-state index in [4.69, 9.17) is 0 Å². The number of benzene rings is 1. The second-order valence-corrected chi connectivity index (χ2v) is 9.45. The van der Waals surface area contributed by atoms with E-state index in [9.17, 15) is 18.3 Å². The number of pyridine rings is 1. The molecule has 2 aromatic heterocycles. The van der Waals surface area contributed by atoms with E-state index in [1.165, 1.54) is 13.0 Å². The van der Waals surface area contributed by atoms with Gasteiger partial charge in [-0.05, 0) is 88.1 Å². The standard InChI is InChI=1S/C25H29F3N4O/c1-14-19(6-5-7-21(14)25(26,27)28)15(2)30-23-20-12-18(13-29-22(20)16(3)31-32-23)17-8-10-24(4,33)11-9-17/h5-7,12-13,15,17,33H,8-11H2,1-4H3,(H,30,32)/t15-,17-,24+/m1/s1. The molecular formula is C25H29F3N4O. The van der Waals surface area contributed by atoms with Crippen molar-refractivity contribution in [3.63, 3.8) is 0 Å². The van der Waals surface area contributed by atoms with Gasteiger partial charge in [0.25, 0.3) is 0 Å². The van der Waals surface area contributed by atoms with E-state index in [2.05, 4.69) is 26.6 Å². The fourth-order valence-electron chi connectivity index (χ4n) is 4.79. The third-order valence-corrected chi connectivity index (χ3v) is 6.84. The Morgan fingerprint density at radius 1 is 1.15 bits per heavy atom. The van der Waals surface area contributed by atoms with E-state index in [1.807, 2.05) is 27.0 Å². The molecule has 8 heteroatoms. The summed E-state index contributed by atoms with van der Waals surface area (Å²) < 4.78 is 40.1. The van der Waals surface area contributed by atoms with Crippen molar-refractivity contribution in [3.8, 4) is 0 Å². The molecule has 1 atom stereocenters. The lowest BCUT2D eigenvalue weighted by Crippen LogP contribution is -2.29. The van der Waals surface area contributed by atoms with E-state index in [0.717, 1.165) is 42.7 Å². The zero-order valence-electron chi connectivity index (χ0n) is 19.3. The molecule has 1 fully saturated rings. The number of fused-ring (bicyclic) bond motifs is 1. The highest BCUT2D eigenvalue weighted by Gasteiger charge is 2.33. The average molecular weight is 459 g/mol. The van der Waals surface area contributed by atoms with Gasteiger partial charge in [0.15, 0.2) is 5.82 Å². The van der Waals surface area contributed by atoms with Crippen LogP contribution in [0.1, 0.15) is 79.4 Å². The Morgan fingerprint density at radius 3 is 2.52 bits per heavy atom. The molecule has 0 amide bonds. The molecule has 5 nitrogen and oxygen atoms in total. The van der Waals surface area contributed by atoms with E-state index < -0.39 is 23.4 Å². The van der Waals surface area contributed by atoms with Crippen LogP contribution in [0.25, 0.3) is 10.9 Å². The van der Waals surface area contributed by atoms with E-state index in [0.29, 0.717) is 28.5 Å². The molecule has 3 aromatic rings. The van der Waals surface area contributed by atoms with Crippen molar-refractivity contribution in [2.45, 2.75) is 77.1 Å². The van der Waals surface area contributed by atoms with Crippen molar-refractivity contribution in [3.05, 3.63) is 58.4 Å². The molecule has 1 aromatic carbocycles. The molecule has 33 heavy (non-hydrogen) atoms. The first-order valence-corrected chi connectivity index (χ1v) is 11.2. The van der Waals surface area contributed by atoms with Crippen LogP contribution < -0.4 is 5.32 Å². The largest absolute Gasteiger partial charge is 0.416 e. The van der Waals surface area contributed by atoms with Crippen molar-refractivity contribution < 1.29 is 18.3 Å². The topological polar surface area (TPSA) is 70.9 Å². The maximum absolute atomic E-state index is 13.4. The van der Waals surface area contributed by atoms with E-state index in [1.54, 1.807) is 6.07 Å². The fourth-order valence-corrected chi connectivity index (χ4v) is 4.79. The zero-order chi connectivity index (χ0) is 24.0. The number of hydrogen-bond donors (Lipinski definition) is 2. The zero-order valence-corrected chi connectivity index (χ0v) is 19.3. The lowest BCUT2D eigenvalue weighted by Gasteiger charge is -2.33. The number of nitrogens with zero attached hydrogens (tertiary/aromatic N) is 3. The molecule has 4 rings (SSSR count). The van der Waals surface area contributed by atoms with Gasteiger partial charge in [0, 0.05) is 11.6 Å². The smallest absolute Gasteiger partial charge is 0.390 e. The molecule has 0 saturated heterocycles. The SMILES string of the molecule is Cc1c([C@@H](C)Nc2nnc(C)c3ncc([C@H]4CC[C@@](C)(O)CC4)cc23)cccc1C(F)(F)F. The number of alkyl halides is 3. The van der Waals surface area contributed by atoms with Crippen molar-refractivity contribution in [2.24, 2.45) is 0 Å². The van der Waals surface area contributed by atoms with Crippen LogP contribution in [0.3, 0.4) is 0 Å². The summed E-state index contributed by atoms with van der Waals surface area (Å²) in [5, 5.41) is 22.9. The number of halogens is 3. The predicted molar refractivity (Wildman–Crippen MR) is 122 cm³/mol. The first kappa shape index (κ1) is 23.4. The molecule has 0 unspecified atom stereocenters. The van der Waals surface area contributed by atoms with Crippen LogP contribution in [-0.2, 0) is 6.18 Å². The van der Waals surface area contributed by atoms with Crippen LogP contribution in [0.5, 0.6) is 0 Å². The molecule has 1 saturated carbocycles. The van der Waals surface area contributed by atoms with Gasteiger partial charge in [-0.15, -0.1) is 5.10 Å². The minimum atomic E-state index is -4.40. The fraction of sp³-hybridized carbons (Fsp3) is 0.480. The number of aliphatic hydroxyl groups is 1. The summed E-state index contributed by atoms with van der Waals surface area (Å²) in [7, 11) is 0. The molecule has 0 radical (unpaired) electrons. The highest BCUT2D eigenvalue weighted by Crippen LogP contribution is 2.39. The van der Waals surface area contributed by atoms with Crippen LogP contribution >= 0.6 is 0 Å². The highest BCUT2D eigenvalue weighted by molar-refractivity contribution is 5.90. The molecule has 0 aliphatic heterocycles. The molecule has 2 heterocycles. The average Bonchev–Trinajstić information content (AvgIpc) is 2.75. The lowest BCUT2D eigenvalue weighted by molar-refractivity contribution is -0.138. The van der Waals surface area contributed by atoms with E-state index >= 15 is 0 Å². The summed E-state index contributed by atoms with van der Waals surface area (Å²) in [5.41, 5.74) is 1.99. The monoisotopic (exact) mass is 458 g/mol. The number of anilines is 1. The molecule has 1 aliphatic rings. The molecular weight excluding hydrogens is 429 g/mol. The Labute approximate surface area is 191 Å². The van der Waals surface area contributed by atoms with Crippen LogP contribution in [0.2, 0.25) is 0 Å². The normalized spacial score (nSPS) is 22.4. The summed E-state index contributed by atoms with van der Waals surface area (Å²) in [6.45, 7) is 7.02. The number of hydrogen-bond acceptors (Lipinski definition) is 5. The Balaban J connectivity index is 1.68. The molecule has 0 spiro atoms. The van der Waals surface area contributed by atoms with Crippen LogP contribution in [0.15, 0.2) is 30.5 Å². The Hall–Kier alpha value is -2.74. The van der Waals surface area contributed by atoms with Gasteiger partial charge < -0.3 is 10.4 Å². The number of nitrogens with one attached hydrogen (secondary N) is 1. The van der Waals surface area contributed by atoms with Crippen LogP contribution in [0.4, 0.5) is 19.0 Å². The van der Waals surface area contributed by atoms with E-state index in [-0.39, 0.29) is 5.56 Å². The minimum Gasteiger partial charge on any atom is -0.390 e. The van der Waals surface area contributed by atoms with Gasteiger partial charge in [-0.25, -0.2) is 0 Å². The second kappa shape index (κ2) is 8.56. The summed E-state index contributed by atoms with van der Waals surface area (Å²) >= 11 is 0. The van der Waals surface area contributed by atoms with Gasteiger partial charge in [-0.3, -0.25) is 4.98 Å². The summed E-state index contributed by atoms with van der Waals surface area (Å²) in [6, 6.07) is 5.87. The maximum atomic E-state index is 13.4. The number of rotatable bonds is 4. The van der Waals surface area contributed by atoms with Crippen molar-refractivity contribution in [1.82, 2.24) is 15.2 Å². The van der Waals surface area contributed by atoms with Gasteiger partial charge in [0.2, 0.25) is 0 Å². The van der Waals surface area contributed by atoms with Gasteiger partial charge in [0.05, 0.1) is 28.4 Å². The molecule has 1 aliphatic carbocycles. The van der Waals surface area contributed by atoms with Gasteiger partial charge in [-0.1, -0.05) is 12.1 Å². The molecule has 176 valence electrons. The number of aryl methyl sites for hydroxylation is 1. The van der Waals surface area contributed by atoms with Gasteiger partial charge >= 0.3 is 6.18 Å². The van der Waals surface area contributed by atoms with Gasteiger partial charge in [0.1, 0.15) is 0 Å². The lowest BCUT2D eigenvalue weighted by atomic mass is 9.77. The molecule has 2 N–H and O–H groups in total. The first-order chi connectivity index (χ1) is 15.5.